The molecule has 0 aliphatic carbocycles. The van der Waals surface area contributed by atoms with Gasteiger partial charge >= 0.3 is 0 Å². The van der Waals surface area contributed by atoms with Crippen LogP contribution in [0.25, 0.3) is 0 Å². The Morgan fingerprint density at radius 3 is 1.63 bits per heavy atom. The lowest BCUT2D eigenvalue weighted by atomic mass is 10.0. The molecule has 30 heavy (non-hydrogen) atoms. The van der Waals surface area contributed by atoms with Gasteiger partial charge in [0, 0.05) is 19.2 Å². The molecule has 0 amide bonds. The number of nitrogens with zero attached hydrogens (tertiary/aromatic N) is 2. The molecule has 0 atom stereocenters. The van der Waals surface area contributed by atoms with E-state index in [1.54, 1.807) is 0 Å². The number of aliphatic imine (C=N–C) groups is 1. The SMILES string of the molecule is CCCCCCCCCCCCCCCC[N+](C)(C)CCCN=Cc1ccccc1. The van der Waals surface area contributed by atoms with Crippen LogP contribution in [0.15, 0.2) is 35.3 Å². The lowest BCUT2D eigenvalue weighted by Gasteiger charge is -2.29. The van der Waals surface area contributed by atoms with Crippen LogP contribution >= 0.6 is 0 Å². The predicted molar refractivity (Wildman–Crippen MR) is 136 cm³/mol. The van der Waals surface area contributed by atoms with Gasteiger partial charge in [-0.2, -0.15) is 0 Å². The van der Waals surface area contributed by atoms with Crippen molar-refractivity contribution in [2.75, 3.05) is 33.7 Å². The van der Waals surface area contributed by atoms with Crippen LogP contribution in [0.1, 0.15) is 109 Å². The Morgan fingerprint density at radius 1 is 0.633 bits per heavy atom. The second-order valence-corrected chi connectivity index (χ2v) is 9.78. The van der Waals surface area contributed by atoms with E-state index in [4.69, 9.17) is 0 Å². The Balaban J connectivity index is 1.87. The fourth-order valence-electron chi connectivity index (χ4n) is 4.15. The van der Waals surface area contributed by atoms with Gasteiger partial charge in [-0.3, -0.25) is 4.99 Å². The summed E-state index contributed by atoms with van der Waals surface area (Å²) in [5, 5.41) is 0. The van der Waals surface area contributed by atoms with Crippen LogP contribution in [0.3, 0.4) is 0 Å². The topological polar surface area (TPSA) is 12.4 Å². The van der Waals surface area contributed by atoms with Gasteiger partial charge in [-0.15, -0.1) is 0 Å². The predicted octanol–water partition coefficient (Wildman–Crippen LogP) is 8.05. The van der Waals surface area contributed by atoms with E-state index in [1.165, 1.54) is 115 Å². The maximum absolute atomic E-state index is 4.58. The van der Waals surface area contributed by atoms with Crippen LogP contribution in [0.5, 0.6) is 0 Å². The second-order valence-electron chi connectivity index (χ2n) is 9.78. The average molecular weight is 416 g/mol. The summed E-state index contributed by atoms with van der Waals surface area (Å²) in [7, 11) is 4.76. The molecule has 0 unspecified atom stereocenters. The highest BCUT2D eigenvalue weighted by molar-refractivity contribution is 5.79. The molecule has 0 saturated heterocycles. The van der Waals surface area contributed by atoms with E-state index in [0.29, 0.717) is 0 Å². The zero-order chi connectivity index (χ0) is 21.8. The number of hydrogen-bond acceptors (Lipinski definition) is 1. The molecule has 1 aromatic rings. The maximum Gasteiger partial charge on any atom is 0.0800 e. The molecule has 2 heteroatoms. The fraction of sp³-hybridized carbons (Fsp3) is 0.750. The third kappa shape index (κ3) is 16.6. The summed E-state index contributed by atoms with van der Waals surface area (Å²) in [5.74, 6) is 0. The second kappa shape index (κ2) is 18.6. The molecule has 0 aromatic heterocycles. The normalized spacial score (nSPS) is 12.1. The van der Waals surface area contributed by atoms with Crippen molar-refractivity contribution in [2.45, 2.75) is 103 Å². The molecule has 0 N–H and O–H groups in total. The first-order valence-electron chi connectivity index (χ1n) is 13.0. The van der Waals surface area contributed by atoms with Gasteiger partial charge in [0.15, 0.2) is 0 Å². The number of unbranched alkanes of at least 4 members (excludes halogenated alkanes) is 13. The highest BCUT2D eigenvalue weighted by Crippen LogP contribution is 2.13. The van der Waals surface area contributed by atoms with Gasteiger partial charge < -0.3 is 4.48 Å². The zero-order valence-corrected chi connectivity index (χ0v) is 20.6. The Labute approximate surface area is 188 Å². The van der Waals surface area contributed by atoms with Crippen molar-refractivity contribution in [1.82, 2.24) is 0 Å². The molecule has 1 rings (SSSR count). The van der Waals surface area contributed by atoms with E-state index in [9.17, 15) is 0 Å². The van der Waals surface area contributed by atoms with Gasteiger partial charge in [-0.25, -0.2) is 0 Å². The molecule has 0 radical (unpaired) electrons. The molecule has 172 valence electrons. The van der Waals surface area contributed by atoms with Crippen LogP contribution < -0.4 is 0 Å². The number of quaternary nitrogens is 1. The Bertz CT molecular complexity index is 507. The summed E-state index contributed by atoms with van der Waals surface area (Å²) in [6.07, 6.45) is 23.3. The Kier molecular flexibility index (Phi) is 16.7. The van der Waals surface area contributed by atoms with Gasteiger partial charge in [0.05, 0.1) is 27.2 Å². The van der Waals surface area contributed by atoms with Crippen LogP contribution in [0.2, 0.25) is 0 Å². The average Bonchev–Trinajstić information content (AvgIpc) is 2.74. The molecule has 0 aliphatic rings. The molecule has 1 aromatic carbocycles. The summed E-state index contributed by atoms with van der Waals surface area (Å²) in [4.78, 5) is 4.58. The molecule has 2 nitrogen and oxygen atoms in total. The van der Waals surface area contributed by atoms with Gasteiger partial charge in [0.1, 0.15) is 0 Å². The summed E-state index contributed by atoms with van der Waals surface area (Å²) < 4.78 is 1.14. The Morgan fingerprint density at radius 2 is 1.10 bits per heavy atom. The van der Waals surface area contributed by atoms with Crippen LogP contribution in [0, 0.1) is 0 Å². The van der Waals surface area contributed by atoms with Crippen LogP contribution in [-0.4, -0.2) is 44.4 Å². The van der Waals surface area contributed by atoms with E-state index in [1.807, 2.05) is 6.21 Å². The Hall–Kier alpha value is -1.15. The first-order chi connectivity index (χ1) is 14.6. The minimum absolute atomic E-state index is 0.940. The fourth-order valence-corrected chi connectivity index (χ4v) is 4.15. The molecule has 0 fully saturated rings. The maximum atomic E-state index is 4.58. The summed E-state index contributed by atoms with van der Waals surface area (Å²) >= 11 is 0. The van der Waals surface area contributed by atoms with Crippen molar-refractivity contribution in [2.24, 2.45) is 4.99 Å². The van der Waals surface area contributed by atoms with E-state index in [0.717, 1.165) is 11.0 Å². The van der Waals surface area contributed by atoms with Crippen molar-refractivity contribution in [3.63, 3.8) is 0 Å². The standard InChI is InChI=1S/C28H51N2/c1-4-5-6-7-8-9-10-11-12-13-14-15-16-20-25-30(2,3)26-21-24-29-27-28-22-18-17-19-23-28/h17-19,22-23,27H,4-16,20-21,24-26H2,1-3H3/q+1. The van der Waals surface area contributed by atoms with Gasteiger partial charge in [-0.1, -0.05) is 114 Å². The first-order valence-corrected chi connectivity index (χ1v) is 13.0. The molecule has 0 heterocycles. The van der Waals surface area contributed by atoms with Crippen molar-refractivity contribution in [3.05, 3.63) is 35.9 Å². The third-order valence-corrected chi connectivity index (χ3v) is 6.21. The van der Waals surface area contributed by atoms with Crippen molar-refractivity contribution in [3.8, 4) is 0 Å². The van der Waals surface area contributed by atoms with Gasteiger partial charge in [0.2, 0.25) is 0 Å². The molecule has 0 spiro atoms. The monoisotopic (exact) mass is 415 g/mol. The summed E-state index contributed by atoms with van der Waals surface area (Å²) in [6, 6.07) is 10.4. The first kappa shape index (κ1) is 26.9. The van der Waals surface area contributed by atoms with E-state index in [2.05, 4.69) is 56.3 Å². The zero-order valence-electron chi connectivity index (χ0n) is 20.6. The van der Waals surface area contributed by atoms with Crippen LogP contribution in [-0.2, 0) is 0 Å². The highest BCUT2D eigenvalue weighted by Gasteiger charge is 2.13. The molecular weight excluding hydrogens is 364 g/mol. The number of hydrogen-bond donors (Lipinski definition) is 0. The van der Waals surface area contributed by atoms with Gasteiger partial charge in [0.25, 0.3) is 0 Å². The minimum Gasteiger partial charge on any atom is -0.328 e. The number of rotatable bonds is 20. The third-order valence-electron chi connectivity index (χ3n) is 6.21. The number of benzene rings is 1. The summed E-state index contributed by atoms with van der Waals surface area (Å²) in [5.41, 5.74) is 1.20. The van der Waals surface area contributed by atoms with E-state index >= 15 is 0 Å². The van der Waals surface area contributed by atoms with E-state index in [-0.39, 0.29) is 0 Å². The van der Waals surface area contributed by atoms with Crippen molar-refractivity contribution < 1.29 is 4.48 Å². The van der Waals surface area contributed by atoms with Gasteiger partial charge in [-0.05, 0) is 18.4 Å². The van der Waals surface area contributed by atoms with E-state index < -0.39 is 0 Å². The smallest absolute Gasteiger partial charge is 0.0800 e. The van der Waals surface area contributed by atoms with Crippen molar-refractivity contribution >= 4 is 6.21 Å². The largest absolute Gasteiger partial charge is 0.328 e. The lowest BCUT2D eigenvalue weighted by Crippen LogP contribution is -2.41. The van der Waals surface area contributed by atoms with Crippen LogP contribution in [0.4, 0.5) is 0 Å². The molecule has 0 bridgehead atoms. The molecule has 0 saturated carbocycles. The lowest BCUT2D eigenvalue weighted by molar-refractivity contribution is -0.890. The molecular formula is C28H51N2+. The minimum atomic E-state index is 0.940. The highest BCUT2D eigenvalue weighted by atomic mass is 15.3. The summed E-state index contributed by atoms with van der Waals surface area (Å²) in [6.45, 7) is 5.77. The quantitative estimate of drug-likeness (QED) is 0.116. The molecule has 0 aliphatic heterocycles. The van der Waals surface area contributed by atoms with Crippen molar-refractivity contribution in [1.29, 1.82) is 0 Å².